The quantitative estimate of drug-likeness (QED) is 0.377. The Bertz CT molecular complexity index is 632. The van der Waals surface area contributed by atoms with Gasteiger partial charge >= 0.3 is 0 Å². The molecule has 1 aromatic rings. The van der Waals surface area contributed by atoms with Gasteiger partial charge < -0.3 is 5.11 Å². The molecule has 0 saturated heterocycles. The number of aliphatic hydroxyl groups is 1. The predicted molar refractivity (Wildman–Crippen MR) is 85.4 cm³/mol. The van der Waals surface area contributed by atoms with Crippen LogP contribution in [0.4, 0.5) is 0 Å². The van der Waals surface area contributed by atoms with E-state index < -0.39 is 5.60 Å². The molecule has 4 fully saturated rings. The highest BCUT2D eigenvalue weighted by molar-refractivity contribution is 6.24. The van der Waals surface area contributed by atoms with Crippen molar-refractivity contribution in [3.05, 3.63) is 46.3 Å². The number of nitrogens with zero attached hydrogens (tertiary/aromatic N) is 3. The minimum absolute atomic E-state index is 0.0192. The monoisotopic (exact) mass is 317 g/mol. The smallest absolute Gasteiger partial charge is 0.0705 e. The number of hydrogen-bond donors (Lipinski definition) is 1. The lowest BCUT2D eigenvalue weighted by molar-refractivity contribution is -0.170. The van der Waals surface area contributed by atoms with Gasteiger partial charge in [-0.1, -0.05) is 35.4 Å². The van der Waals surface area contributed by atoms with Crippen LogP contribution in [0, 0.1) is 17.8 Å². The van der Waals surface area contributed by atoms with Crippen molar-refractivity contribution in [3.63, 3.8) is 0 Å². The number of hydrogen-bond acceptors (Lipinski definition) is 2. The summed E-state index contributed by atoms with van der Waals surface area (Å²) in [5.41, 5.74) is 9.24. The Kier molecular flexibility index (Phi) is 3.19. The van der Waals surface area contributed by atoms with Crippen LogP contribution in [0.25, 0.3) is 10.4 Å². The summed E-state index contributed by atoms with van der Waals surface area (Å²) in [5, 5.41) is 15.4. The van der Waals surface area contributed by atoms with Crippen LogP contribution in [0.2, 0.25) is 0 Å². The summed E-state index contributed by atoms with van der Waals surface area (Å²) in [6, 6.07) is 9.54. The first-order valence-corrected chi connectivity index (χ1v) is 8.41. The van der Waals surface area contributed by atoms with E-state index in [0.717, 1.165) is 31.2 Å². The lowest BCUT2D eigenvalue weighted by atomic mass is 9.47. The lowest BCUT2D eigenvalue weighted by Crippen LogP contribution is -2.63. The largest absolute Gasteiger partial charge is 0.389 e. The van der Waals surface area contributed by atoms with Crippen molar-refractivity contribution in [2.45, 2.75) is 48.6 Å². The molecule has 6 atom stereocenters. The van der Waals surface area contributed by atoms with E-state index in [9.17, 15) is 5.11 Å². The molecule has 4 aliphatic carbocycles. The third kappa shape index (κ3) is 2.13. The molecule has 0 spiro atoms. The summed E-state index contributed by atoms with van der Waals surface area (Å²) in [5.74, 6) is 0.849. The summed E-state index contributed by atoms with van der Waals surface area (Å²) < 4.78 is 0. The van der Waals surface area contributed by atoms with E-state index >= 15 is 0 Å². The minimum Gasteiger partial charge on any atom is -0.389 e. The molecule has 1 aromatic carbocycles. The first-order valence-electron chi connectivity index (χ1n) is 8.03. The molecule has 0 radical (unpaired) electrons. The fourth-order valence-electron chi connectivity index (χ4n) is 5.66. The van der Waals surface area contributed by atoms with Crippen LogP contribution >= 0.6 is 11.6 Å². The van der Waals surface area contributed by atoms with E-state index in [1.54, 1.807) is 0 Å². The Morgan fingerprint density at radius 2 is 2.05 bits per heavy atom. The first kappa shape index (κ1) is 14.4. The molecule has 22 heavy (non-hydrogen) atoms. The second-order valence-corrected chi connectivity index (χ2v) is 8.29. The van der Waals surface area contributed by atoms with Crippen molar-refractivity contribution in [1.82, 2.24) is 0 Å². The molecule has 1 N–H and O–H groups in total. The zero-order chi connectivity index (χ0) is 15.4. The van der Waals surface area contributed by atoms with Crippen LogP contribution in [0.3, 0.4) is 0 Å². The molecule has 0 unspecified atom stereocenters. The molecule has 4 aliphatic rings. The van der Waals surface area contributed by atoms with Gasteiger partial charge in [0.25, 0.3) is 0 Å². The molecule has 4 saturated carbocycles. The van der Waals surface area contributed by atoms with Crippen molar-refractivity contribution in [1.29, 1.82) is 0 Å². The van der Waals surface area contributed by atoms with E-state index in [4.69, 9.17) is 17.1 Å². The topological polar surface area (TPSA) is 69.0 Å². The number of azide groups is 1. The van der Waals surface area contributed by atoms with Crippen molar-refractivity contribution in [2.75, 3.05) is 0 Å². The summed E-state index contributed by atoms with van der Waals surface area (Å²) in [4.78, 5) is 2.83. The van der Waals surface area contributed by atoms with Gasteiger partial charge in [-0.05, 0) is 55.0 Å². The first-order chi connectivity index (χ1) is 10.5. The second kappa shape index (κ2) is 4.89. The molecule has 0 aliphatic heterocycles. The van der Waals surface area contributed by atoms with Gasteiger partial charge in [0.2, 0.25) is 0 Å². The average molecular weight is 318 g/mol. The number of benzene rings is 1. The zero-order valence-corrected chi connectivity index (χ0v) is 13.2. The van der Waals surface area contributed by atoms with Gasteiger partial charge in [0.05, 0.1) is 11.6 Å². The summed E-state index contributed by atoms with van der Waals surface area (Å²) in [7, 11) is 0. The lowest BCUT2D eigenvalue weighted by Gasteiger charge is -2.63. The number of rotatable bonds is 3. The third-order valence-electron chi connectivity index (χ3n) is 5.97. The Balaban J connectivity index is 1.76. The molecule has 5 heteroatoms. The summed E-state index contributed by atoms with van der Waals surface area (Å²) in [6.07, 6.45) is 4.49. The van der Waals surface area contributed by atoms with Crippen LogP contribution < -0.4 is 0 Å². The number of halogens is 1. The van der Waals surface area contributed by atoms with E-state index in [1.165, 1.54) is 0 Å². The molecular formula is C17H20ClN3O. The van der Waals surface area contributed by atoms with Crippen LogP contribution in [-0.2, 0) is 0 Å². The Hall–Kier alpha value is -1.22. The fraction of sp³-hybridized carbons (Fsp3) is 0.647. The predicted octanol–water partition coefficient (Wildman–Crippen LogP) is 4.59. The highest BCUT2D eigenvalue weighted by atomic mass is 35.5. The van der Waals surface area contributed by atoms with Crippen LogP contribution in [0.15, 0.2) is 35.4 Å². The van der Waals surface area contributed by atoms with Gasteiger partial charge in [-0.15, -0.1) is 11.6 Å². The van der Waals surface area contributed by atoms with Crippen LogP contribution in [0.5, 0.6) is 0 Å². The van der Waals surface area contributed by atoms with Gasteiger partial charge in [0.1, 0.15) is 0 Å². The van der Waals surface area contributed by atoms with Crippen molar-refractivity contribution >= 4 is 11.6 Å². The SMILES string of the molecule is [N-]=[N+]=N[C@@H](c1ccccc1)[C@H]1[C@H]2C[C@@H]3C[C@](Cl)(C2)C[C@@]1(O)C3. The molecule has 0 amide bonds. The normalized spacial score (nSPS) is 43.6. The maximum absolute atomic E-state index is 11.3. The molecule has 4 nitrogen and oxygen atoms in total. The molecule has 116 valence electrons. The van der Waals surface area contributed by atoms with Gasteiger partial charge in [0.15, 0.2) is 0 Å². The molecule has 5 rings (SSSR count). The summed E-state index contributed by atoms with van der Waals surface area (Å²) in [6.45, 7) is 0. The van der Waals surface area contributed by atoms with E-state index in [1.807, 2.05) is 30.3 Å². The van der Waals surface area contributed by atoms with Crippen molar-refractivity contribution in [2.24, 2.45) is 22.9 Å². The zero-order valence-electron chi connectivity index (χ0n) is 12.4. The van der Waals surface area contributed by atoms with Gasteiger partial charge in [-0.25, -0.2) is 0 Å². The second-order valence-electron chi connectivity index (χ2n) is 7.49. The highest BCUT2D eigenvalue weighted by Gasteiger charge is 2.63. The Morgan fingerprint density at radius 1 is 1.27 bits per heavy atom. The van der Waals surface area contributed by atoms with Crippen LogP contribution in [0.1, 0.15) is 43.7 Å². The van der Waals surface area contributed by atoms with Gasteiger partial charge in [0, 0.05) is 15.7 Å². The van der Waals surface area contributed by atoms with Crippen molar-refractivity contribution < 1.29 is 5.11 Å². The van der Waals surface area contributed by atoms with E-state index in [2.05, 4.69) is 10.0 Å². The highest BCUT2D eigenvalue weighted by Crippen LogP contribution is 2.65. The third-order valence-corrected chi connectivity index (χ3v) is 6.41. The van der Waals surface area contributed by atoms with Crippen molar-refractivity contribution in [3.8, 4) is 0 Å². The number of alkyl halides is 1. The Morgan fingerprint density at radius 3 is 2.68 bits per heavy atom. The van der Waals surface area contributed by atoms with E-state index in [0.29, 0.717) is 18.3 Å². The molecule has 0 aromatic heterocycles. The fourth-order valence-corrected chi connectivity index (χ4v) is 6.30. The molecular weight excluding hydrogens is 298 g/mol. The average Bonchev–Trinajstić information content (AvgIpc) is 2.44. The van der Waals surface area contributed by atoms with Crippen LogP contribution in [-0.4, -0.2) is 15.6 Å². The molecule has 0 heterocycles. The maximum Gasteiger partial charge on any atom is 0.0705 e. The standard InChI is InChI=1S/C17H20ClN3O/c18-16-7-11-6-13(9-16)14(17(22,8-11)10-16)15(20-21-19)12-4-2-1-3-5-12/h1-5,11,13-15,22H,6-10H2/t11-,13+,14-,15+,16+,17+/m1/s1. The maximum atomic E-state index is 11.3. The minimum atomic E-state index is -0.791. The van der Waals surface area contributed by atoms with Gasteiger partial charge in [-0.2, -0.15) is 0 Å². The van der Waals surface area contributed by atoms with E-state index in [-0.39, 0.29) is 16.8 Å². The molecule has 4 bridgehead atoms. The Labute approximate surface area is 135 Å². The van der Waals surface area contributed by atoms with Gasteiger partial charge in [-0.3, -0.25) is 0 Å². The summed E-state index contributed by atoms with van der Waals surface area (Å²) >= 11 is 6.75.